The molecule has 24 heavy (non-hydrogen) atoms. The smallest absolute Gasteiger partial charge is 0.288 e. The molecule has 2 N–H and O–H groups in total. The lowest BCUT2D eigenvalue weighted by Gasteiger charge is -2.03. The monoisotopic (exact) mass is 347 g/mol. The number of hydrogen-bond acceptors (Lipinski definition) is 6. The van der Waals surface area contributed by atoms with Crippen molar-refractivity contribution in [1.29, 1.82) is 0 Å². The Morgan fingerprint density at radius 2 is 2.21 bits per heavy atom. The van der Waals surface area contributed by atoms with E-state index in [1.807, 2.05) is 18.2 Å². The number of amides is 1. The third-order valence-corrected chi connectivity index (χ3v) is 3.46. The van der Waals surface area contributed by atoms with Gasteiger partial charge in [-0.1, -0.05) is 29.8 Å². The summed E-state index contributed by atoms with van der Waals surface area (Å²) < 4.78 is 1.48. The number of nitrogens with one attached hydrogen (secondary N) is 2. The predicted octanol–water partition coefficient (Wildman–Crippen LogP) is 1.86. The summed E-state index contributed by atoms with van der Waals surface area (Å²) in [7, 11) is 0. The highest BCUT2D eigenvalue weighted by atomic mass is 35.5. The van der Waals surface area contributed by atoms with Gasteiger partial charge in [0.05, 0.1) is 11.5 Å². The Labute approximate surface area is 139 Å². The van der Waals surface area contributed by atoms with E-state index in [-0.39, 0.29) is 11.6 Å². The molecule has 0 radical (unpaired) electrons. The van der Waals surface area contributed by atoms with Crippen LogP contribution >= 0.6 is 11.6 Å². The molecule has 0 aliphatic heterocycles. The molecular formula is C13H10ClN7O3. The molecule has 3 rings (SSSR count). The quantitative estimate of drug-likeness (QED) is 0.534. The maximum absolute atomic E-state index is 12.0. The van der Waals surface area contributed by atoms with E-state index < -0.39 is 16.5 Å². The van der Waals surface area contributed by atoms with Gasteiger partial charge in [0.1, 0.15) is 12.5 Å². The largest absolute Gasteiger partial charge is 0.319 e. The molecule has 3 aromatic rings. The number of hydrogen-bond donors (Lipinski definition) is 2. The summed E-state index contributed by atoms with van der Waals surface area (Å²) in [4.78, 5) is 26.1. The van der Waals surface area contributed by atoms with Gasteiger partial charge in [-0.25, -0.2) is 9.67 Å². The highest BCUT2D eigenvalue weighted by Gasteiger charge is 2.23. The molecule has 0 fully saturated rings. The van der Waals surface area contributed by atoms with Crippen LogP contribution in [0.25, 0.3) is 0 Å². The molecule has 10 nitrogen and oxygen atoms in total. The minimum atomic E-state index is -0.755. The van der Waals surface area contributed by atoms with Gasteiger partial charge in [0.25, 0.3) is 5.91 Å². The number of nitrogens with zero attached hydrogens (tertiary/aromatic N) is 5. The number of aromatic amines is 1. The number of H-pyrrole nitrogens is 1. The van der Waals surface area contributed by atoms with Gasteiger partial charge in [0.2, 0.25) is 11.6 Å². The van der Waals surface area contributed by atoms with Crippen molar-refractivity contribution in [2.75, 3.05) is 5.32 Å². The van der Waals surface area contributed by atoms with Gasteiger partial charge >= 0.3 is 5.69 Å². The summed E-state index contributed by atoms with van der Waals surface area (Å²) in [6, 6.07) is 7.26. The molecule has 0 atom stereocenters. The highest BCUT2D eigenvalue weighted by molar-refractivity contribution is 6.31. The van der Waals surface area contributed by atoms with Crippen LogP contribution < -0.4 is 5.32 Å². The summed E-state index contributed by atoms with van der Waals surface area (Å²) in [5, 5.41) is 23.6. The fraction of sp³-hybridized carbons (Fsp3) is 0.0769. The van der Waals surface area contributed by atoms with Crippen molar-refractivity contribution in [2.45, 2.75) is 6.54 Å². The number of carbonyl (C=O) groups is 1. The van der Waals surface area contributed by atoms with E-state index >= 15 is 0 Å². The Morgan fingerprint density at radius 3 is 2.96 bits per heavy atom. The minimum Gasteiger partial charge on any atom is -0.288 e. The van der Waals surface area contributed by atoms with E-state index in [4.69, 9.17) is 11.6 Å². The van der Waals surface area contributed by atoms with Crippen LogP contribution in [0.15, 0.2) is 36.8 Å². The molecule has 0 aliphatic carbocycles. The molecule has 1 amide bonds. The Morgan fingerprint density at radius 1 is 1.42 bits per heavy atom. The predicted molar refractivity (Wildman–Crippen MR) is 83.8 cm³/mol. The molecule has 0 spiro atoms. The fourth-order valence-corrected chi connectivity index (χ4v) is 2.17. The van der Waals surface area contributed by atoms with Crippen molar-refractivity contribution in [3.05, 3.63) is 63.2 Å². The molecule has 2 aromatic heterocycles. The average molecular weight is 348 g/mol. The molecule has 0 saturated carbocycles. The van der Waals surface area contributed by atoms with Crippen LogP contribution in [-0.2, 0) is 6.54 Å². The van der Waals surface area contributed by atoms with Gasteiger partial charge in [0.15, 0.2) is 0 Å². The Balaban J connectivity index is 1.72. The van der Waals surface area contributed by atoms with Gasteiger partial charge in [-0.15, -0.1) is 5.10 Å². The number of halogens is 1. The third kappa shape index (κ3) is 3.22. The summed E-state index contributed by atoms with van der Waals surface area (Å²) in [6.45, 7) is 0.368. The number of rotatable bonds is 5. The number of carbonyl (C=O) groups excluding carboxylic acids is 1. The van der Waals surface area contributed by atoms with E-state index in [0.717, 1.165) is 11.8 Å². The summed E-state index contributed by atoms with van der Waals surface area (Å²) in [5.74, 6) is -0.745. The second-order valence-corrected chi connectivity index (χ2v) is 5.11. The molecule has 11 heteroatoms. The van der Waals surface area contributed by atoms with Crippen LogP contribution in [0.2, 0.25) is 5.02 Å². The van der Waals surface area contributed by atoms with E-state index in [9.17, 15) is 14.9 Å². The molecule has 0 aliphatic rings. The topological polar surface area (TPSA) is 132 Å². The number of benzene rings is 1. The van der Waals surface area contributed by atoms with Crippen molar-refractivity contribution in [1.82, 2.24) is 25.0 Å². The van der Waals surface area contributed by atoms with Crippen molar-refractivity contribution in [3.63, 3.8) is 0 Å². The molecule has 0 unspecified atom stereocenters. The second kappa shape index (κ2) is 6.46. The van der Waals surface area contributed by atoms with Crippen molar-refractivity contribution >= 4 is 29.1 Å². The first-order valence-electron chi connectivity index (χ1n) is 6.66. The van der Waals surface area contributed by atoms with Crippen molar-refractivity contribution < 1.29 is 9.72 Å². The number of anilines is 1. The van der Waals surface area contributed by atoms with Gasteiger partial charge < -0.3 is 0 Å². The lowest BCUT2D eigenvalue weighted by molar-refractivity contribution is -0.385. The normalized spacial score (nSPS) is 10.5. The Kier molecular flexibility index (Phi) is 4.20. The fourth-order valence-electron chi connectivity index (χ4n) is 1.98. The second-order valence-electron chi connectivity index (χ2n) is 4.70. The Bertz CT molecular complexity index is 904. The summed E-state index contributed by atoms with van der Waals surface area (Å²) in [6.07, 6.45) is 2.37. The van der Waals surface area contributed by atoms with Gasteiger partial charge in [-0.3, -0.25) is 25.3 Å². The first-order chi connectivity index (χ1) is 11.5. The molecule has 0 bridgehead atoms. The third-order valence-electron chi connectivity index (χ3n) is 3.10. The van der Waals surface area contributed by atoms with Crippen LogP contribution in [0.5, 0.6) is 0 Å². The van der Waals surface area contributed by atoms with Gasteiger partial charge in [-0.2, -0.15) is 5.10 Å². The highest BCUT2D eigenvalue weighted by Crippen LogP contribution is 2.17. The zero-order chi connectivity index (χ0) is 17.1. The molecule has 1 aromatic carbocycles. The zero-order valence-electron chi connectivity index (χ0n) is 12.0. The lowest BCUT2D eigenvalue weighted by atomic mass is 10.2. The first kappa shape index (κ1) is 15.6. The zero-order valence-corrected chi connectivity index (χ0v) is 12.8. The van der Waals surface area contributed by atoms with E-state index in [2.05, 4.69) is 25.6 Å². The van der Waals surface area contributed by atoms with Crippen LogP contribution in [0.1, 0.15) is 16.1 Å². The molecule has 2 heterocycles. The van der Waals surface area contributed by atoms with E-state index in [1.54, 1.807) is 6.07 Å². The molecular weight excluding hydrogens is 338 g/mol. The van der Waals surface area contributed by atoms with Gasteiger partial charge in [-0.05, 0) is 11.6 Å². The van der Waals surface area contributed by atoms with Crippen LogP contribution in [0.3, 0.4) is 0 Å². The minimum absolute atomic E-state index is 0.0101. The van der Waals surface area contributed by atoms with Crippen molar-refractivity contribution in [2.24, 2.45) is 0 Å². The van der Waals surface area contributed by atoms with Crippen LogP contribution in [0.4, 0.5) is 11.6 Å². The maximum Gasteiger partial charge on any atom is 0.319 e. The molecule has 0 saturated heterocycles. The number of aromatic nitrogens is 5. The summed E-state index contributed by atoms with van der Waals surface area (Å²) in [5.41, 5.74) is 0.136. The SMILES string of the molecule is O=C(Nc1ncn(Cc2ccccc2Cl)n1)c1[nH]ncc1[N+](=O)[O-]. The Hall–Kier alpha value is -3.27. The first-order valence-corrected chi connectivity index (χ1v) is 7.04. The van der Waals surface area contributed by atoms with Crippen molar-refractivity contribution in [3.8, 4) is 0 Å². The standard InChI is InChI=1S/C13H10ClN7O3/c14-9-4-2-1-3-8(9)6-20-7-15-13(19-20)17-12(22)11-10(21(23)24)5-16-18-11/h1-5,7H,6H2,(H,16,18)(H,17,19,22). The summed E-state index contributed by atoms with van der Waals surface area (Å²) >= 11 is 6.07. The van der Waals surface area contributed by atoms with Crippen LogP contribution in [0, 0.1) is 10.1 Å². The number of nitro groups is 1. The molecule has 122 valence electrons. The van der Waals surface area contributed by atoms with E-state index in [1.165, 1.54) is 11.0 Å². The van der Waals surface area contributed by atoms with Crippen LogP contribution in [-0.4, -0.2) is 35.8 Å². The lowest BCUT2D eigenvalue weighted by Crippen LogP contribution is -2.15. The van der Waals surface area contributed by atoms with Gasteiger partial charge in [0, 0.05) is 5.02 Å². The van der Waals surface area contributed by atoms with E-state index in [0.29, 0.717) is 11.6 Å². The average Bonchev–Trinajstić information content (AvgIpc) is 3.19. The maximum atomic E-state index is 12.0.